The molecule has 1 heterocycles. The van der Waals surface area contributed by atoms with Crippen molar-refractivity contribution in [2.75, 3.05) is 7.11 Å². The van der Waals surface area contributed by atoms with Crippen molar-refractivity contribution in [3.63, 3.8) is 0 Å². The molecule has 27 heavy (non-hydrogen) atoms. The zero-order valence-electron chi connectivity index (χ0n) is 12.0. The Morgan fingerprint density at radius 1 is 0.852 bits per heavy atom. The van der Waals surface area contributed by atoms with Gasteiger partial charge in [0.15, 0.2) is 0 Å². The molecule has 160 valence electrons. The quantitative estimate of drug-likeness (QED) is 0.374. The number of ether oxygens (including phenoxy) is 2. The van der Waals surface area contributed by atoms with Crippen molar-refractivity contribution in [2.24, 2.45) is 0 Å². The van der Waals surface area contributed by atoms with E-state index in [1.807, 2.05) is 0 Å². The number of carbonyl (C=O) groups excluding carboxylic acids is 1. The Balaban J connectivity index is 4.05. The number of hydrogen-bond acceptors (Lipinski definition) is 4. The molecule has 18 heteroatoms. The number of carbonyl (C=O) groups is 1. The molecule has 0 aromatic rings. The molecule has 0 radical (unpaired) electrons. The molecule has 1 rings (SSSR count). The predicted molar refractivity (Wildman–Crippen MR) is 49.6 cm³/mol. The van der Waals surface area contributed by atoms with Gasteiger partial charge in [0.2, 0.25) is 0 Å². The van der Waals surface area contributed by atoms with Crippen LogP contribution in [-0.4, -0.2) is 60.2 Å². The van der Waals surface area contributed by atoms with Crippen LogP contribution >= 0.6 is 0 Å². The Kier molecular flexibility index (Phi) is 4.96. The molecule has 1 aliphatic rings. The summed E-state index contributed by atoms with van der Waals surface area (Å²) in [4.78, 5) is 6.73. The lowest BCUT2D eigenvalue weighted by atomic mass is 10.1. The van der Waals surface area contributed by atoms with Gasteiger partial charge in [-0.1, -0.05) is 4.90 Å². The van der Waals surface area contributed by atoms with E-state index in [4.69, 9.17) is 0 Å². The van der Waals surface area contributed by atoms with E-state index in [2.05, 4.69) is 4.74 Å². The smallest absolute Gasteiger partial charge is 0.456 e. The Bertz CT molecular complexity index is 615. The van der Waals surface area contributed by atoms with Crippen molar-refractivity contribution in [3.05, 3.63) is 0 Å². The normalized spacial score (nSPS) is 30.5. The predicted octanol–water partition coefficient (Wildman–Crippen LogP) is 3.73. The zero-order chi connectivity index (χ0) is 22.1. The number of nitrogens with zero attached hydrogens (tertiary/aromatic N) is 1. The summed E-state index contributed by atoms with van der Waals surface area (Å²) in [5.74, 6) is -18.8. The molecule has 0 aromatic carbocycles. The molecule has 0 aromatic heterocycles. The van der Waals surface area contributed by atoms with E-state index in [1.54, 1.807) is 4.74 Å². The molecule has 0 bridgehead atoms. The molecule has 0 amide bonds. The SMILES string of the molecule is COC(=O)C(F)(F)N1C(F)(F)C(F)(F)C(F)(F)OC(F)(C(F)(F)F)C1(F)F. The summed E-state index contributed by atoms with van der Waals surface area (Å²) in [6.07, 6.45) is -15.0. The van der Waals surface area contributed by atoms with Gasteiger partial charge < -0.3 is 4.74 Å². The van der Waals surface area contributed by atoms with E-state index in [9.17, 15) is 66.3 Å². The fraction of sp³-hybridized carbons (Fsp3) is 0.889. The highest BCUT2D eigenvalue weighted by atomic mass is 19.4. The summed E-state index contributed by atoms with van der Waals surface area (Å²) < 4.78 is 190. The molecule has 1 fully saturated rings. The summed E-state index contributed by atoms with van der Waals surface area (Å²) in [7, 11) is -0.153. The van der Waals surface area contributed by atoms with Crippen LogP contribution in [0.5, 0.6) is 0 Å². The Hall–Kier alpha value is -1.59. The minimum atomic E-state index is -7.71. The number of halogens is 14. The van der Waals surface area contributed by atoms with Gasteiger partial charge in [-0.2, -0.15) is 61.5 Å². The minimum Gasteiger partial charge on any atom is -0.463 e. The van der Waals surface area contributed by atoms with Crippen molar-refractivity contribution in [1.29, 1.82) is 0 Å². The average molecular weight is 439 g/mol. The summed E-state index contributed by atoms with van der Waals surface area (Å²) in [5.41, 5.74) is 0. The molecule has 4 nitrogen and oxygen atoms in total. The number of hydrogen-bond donors (Lipinski definition) is 0. The second kappa shape index (κ2) is 5.71. The third-order valence-electron chi connectivity index (χ3n) is 3.04. The van der Waals surface area contributed by atoms with Gasteiger partial charge >= 0.3 is 48.2 Å². The molecular weight excluding hydrogens is 436 g/mol. The van der Waals surface area contributed by atoms with Gasteiger partial charge in [0, 0.05) is 0 Å². The van der Waals surface area contributed by atoms with Crippen LogP contribution in [0.3, 0.4) is 0 Å². The maximum absolute atomic E-state index is 13.7. The fourth-order valence-corrected chi connectivity index (χ4v) is 1.73. The lowest BCUT2D eigenvalue weighted by Gasteiger charge is -2.42. The van der Waals surface area contributed by atoms with Gasteiger partial charge in [-0.05, 0) is 0 Å². The Labute approximate surface area is 137 Å². The molecule has 1 aliphatic heterocycles. The van der Waals surface area contributed by atoms with Crippen LogP contribution in [0, 0.1) is 0 Å². The van der Waals surface area contributed by atoms with Crippen LogP contribution in [0.1, 0.15) is 0 Å². The zero-order valence-corrected chi connectivity index (χ0v) is 12.0. The topological polar surface area (TPSA) is 38.8 Å². The molecule has 0 saturated carbocycles. The number of methoxy groups -OCH3 is 1. The maximum atomic E-state index is 13.7. The highest BCUT2D eigenvalue weighted by Gasteiger charge is 2.94. The van der Waals surface area contributed by atoms with Crippen molar-refractivity contribution in [2.45, 2.75) is 42.2 Å². The van der Waals surface area contributed by atoms with Crippen molar-refractivity contribution >= 4 is 5.97 Å². The first kappa shape index (κ1) is 23.4. The standard InChI is InChI=1S/C9H3F14NO3/c1-26-2(25)3(10,11)24-7(18,19)4(12,13)9(22,23)27-5(14,6(15,16)17)8(24,20)21/h1H3. The van der Waals surface area contributed by atoms with Gasteiger partial charge in [-0.25, -0.2) is 4.79 Å². The maximum Gasteiger partial charge on any atom is 0.456 e. The first-order chi connectivity index (χ1) is 11.6. The van der Waals surface area contributed by atoms with E-state index in [-0.39, 0.29) is 7.11 Å². The van der Waals surface area contributed by atoms with Crippen molar-refractivity contribution < 1.29 is 75.7 Å². The molecule has 1 unspecified atom stereocenters. The minimum absolute atomic E-state index is 0.153. The first-order valence-corrected chi connectivity index (χ1v) is 5.79. The average Bonchev–Trinajstić information content (AvgIpc) is 2.44. The third-order valence-corrected chi connectivity index (χ3v) is 3.04. The highest BCUT2D eigenvalue weighted by molar-refractivity contribution is 5.77. The van der Waals surface area contributed by atoms with Gasteiger partial charge in [0.25, 0.3) is 0 Å². The lowest BCUT2D eigenvalue weighted by molar-refractivity contribution is -0.487. The third kappa shape index (κ3) is 2.78. The van der Waals surface area contributed by atoms with E-state index in [0.29, 0.717) is 0 Å². The van der Waals surface area contributed by atoms with Crippen LogP contribution < -0.4 is 0 Å². The summed E-state index contributed by atoms with van der Waals surface area (Å²) in [5, 5.41) is 0. The molecule has 0 spiro atoms. The largest absolute Gasteiger partial charge is 0.463 e. The molecule has 0 N–H and O–H groups in total. The molecular formula is C9H3F14NO3. The number of rotatable bonds is 2. The van der Waals surface area contributed by atoms with Crippen LogP contribution in [0.2, 0.25) is 0 Å². The number of esters is 1. The summed E-state index contributed by atoms with van der Waals surface area (Å²) in [6, 6.07) is -22.3. The molecule has 0 aliphatic carbocycles. The van der Waals surface area contributed by atoms with Crippen LogP contribution in [0.15, 0.2) is 0 Å². The molecule has 1 atom stereocenters. The second-order valence-corrected chi connectivity index (χ2v) is 4.74. The van der Waals surface area contributed by atoms with Gasteiger partial charge in [-0.3, -0.25) is 4.74 Å². The van der Waals surface area contributed by atoms with Gasteiger partial charge in [0.05, 0.1) is 7.11 Å². The van der Waals surface area contributed by atoms with E-state index in [1.165, 1.54) is 0 Å². The molecule has 1 saturated heterocycles. The summed E-state index contributed by atoms with van der Waals surface area (Å²) >= 11 is 0. The summed E-state index contributed by atoms with van der Waals surface area (Å²) in [6.45, 7) is 0. The van der Waals surface area contributed by atoms with Crippen LogP contribution in [0.25, 0.3) is 0 Å². The second-order valence-electron chi connectivity index (χ2n) is 4.74. The van der Waals surface area contributed by atoms with Gasteiger partial charge in [0.1, 0.15) is 0 Å². The van der Waals surface area contributed by atoms with Gasteiger partial charge in [-0.15, -0.1) is 0 Å². The van der Waals surface area contributed by atoms with E-state index in [0.717, 1.165) is 0 Å². The van der Waals surface area contributed by atoms with Crippen molar-refractivity contribution in [1.82, 2.24) is 4.90 Å². The fourth-order valence-electron chi connectivity index (χ4n) is 1.73. The van der Waals surface area contributed by atoms with Crippen LogP contribution in [0.4, 0.5) is 61.5 Å². The first-order valence-electron chi connectivity index (χ1n) is 5.79. The highest BCUT2D eigenvalue weighted by Crippen LogP contribution is 2.63. The van der Waals surface area contributed by atoms with E-state index < -0.39 is 53.1 Å². The van der Waals surface area contributed by atoms with Crippen LogP contribution in [-0.2, 0) is 14.3 Å². The van der Waals surface area contributed by atoms with E-state index >= 15 is 0 Å². The monoisotopic (exact) mass is 439 g/mol. The number of alkyl halides is 14. The van der Waals surface area contributed by atoms with Crippen molar-refractivity contribution in [3.8, 4) is 0 Å². The Morgan fingerprint density at radius 2 is 1.26 bits per heavy atom. The Morgan fingerprint density at radius 3 is 1.59 bits per heavy atom. The lowest BCUT2D eigenvalue weighted by Crippen LogP contribution is -2.74.